The fourth-order valence-electron chi connectivity index (χ4n) is 6.05. The maximum absolute atomic E-state index is 10.8. The van der Waals surface area contributed by atoms with Crippen molar-refractivity contribution in [3.05, 3.63) is 0 Å². The quantitative estimate of drug-likeness (QED) is 0.570. The first-order valence-electron chi connectivity index (χ1n) is 11.1. The third-order valence-electron chi connectivity index (χ3n) is 7.91. The first kappa shape index (κ1) is 25.0. The summed E-state index contributed by atoms with van der Waals surface area (Å²) in [5.41, 5.74) is 0.0796. The summed E-state index contributed by atoms with van der Waals surface area (Å²) >= 11 is 0. The van der Waals surface area contributed by atoms with Crippen LogP contribution in [0.3, 0.4) is 0 Å². The molecular formula is C23H44O6. The smallest absolute Gasteiger partial charge is 0.0640 e. The Morgan fingerprint density at radius 2 is 0.828 bits per heavy atom. The number of hydrogen-bond acceptors (Lipinski definition) is 6. The van der Waals surface area contributed by atoms with Gasteiger partial charge < -0.3 is 29.2 Å². The summed E-state index contributed by atoms with van der Waals surface area (Å²) in [6, 6.07) is 0. The fourth-order valence-corrected chi connectivity index (χ4v) is 6.05. The van der Waals surface area contributed by atoms with E-state index in [2.05, 4.69) is 13.8 Å². The van der Waals surface area contributed by atoms with Crippen molar-refractivity contribution >= 4 is 0 Å². The maximum atomic E-state index is 10.8. The van der Waals surface area contributed by atoms with Crippen molar-refractivity contribution in [2.45, 2.75) is 51.7 Å². The Labute approximate surface area is 177 Å². The summed E-state index contributed by atoms with van der Waals surface area (Å²) in [5.74, 6) is 1.48. The number of ether oxygens (including phenoxy) is 4. The third-order valence-corrected chi connectivity index (χ3v) is 7.91. The largest absolute Gasteiger partial charge is 0.392 e. The number of methoxy groups -OCH3 is 4. The second kappa shape index (κ2) is 11.4. The zero-order chi connectivity index (χ0) is 21.6. The lowest BCUT2D eigenvalue weighted by Gasteiger charge is -2.52. The van der Waals surface area contributed by atoms with E-state index < -0.39 is 0 Å². The molecule has 0 aliphatic heterocycles. The number of aliphatic hydroxyl groups excluding tert-OH is 2. The highest BCUT2D eigenvalue weighted by molar-refractivity contribution is 4.98. The molecule has 4 unspecified atom stereocenters. The molecule has 0 aromatic rings. The molecule has 0 spiro atoms. The van der Waals surface area contributed by atoms with Gasteiger partial charge in [-0.3, -0.25) is 0 Å². The molecule has 0 aromatic carbocycles. The van der Waals surface area contributed by atoms with Gasteiger partial charge in [-0.1, -0.05) is 13.8 Å². The van der Waals surface area contributed by atoms with Crippen LogP contribution in [-0.2, 0) is 18.9 Å². The van der Waals surface area contributed by atoms with Crippen LogP contribution in [0.15, 0.2) is 0 Å². The molecular weight excluding hydrogens is 372 g/mol. The summed E-state index contributed by atoms with van der Waals surface area (Å²) in [6.45, 7) is 7.07. The Hall–Kier alpha value is -0.240. The normalized spacial score (nSPS) is 38.9. The Balaban J connectivity index is 2.21. The lowest BCUT2D eigenvalue weighted by Crippen LogP contribution is -2.50. The zero-order valence-electron chi connectivity index (χ0n) is 19.3. The Kier molecular flexibility index (Phi) is 9.84. The molecule has 172 valence electrons. The van der Waals surface area contributed by atoms with Gasteiger partial charge >= 0.3 is 0 Å². The molecule has 0 amide bonds. The monoisotopic (exact) mass is 416 g/mol. The highest BCUT2D eigenvalue weighted by Gasteiger charge is 2.49. The minimum Gasteiger partial charge on any atom is -0.392 e. The number of aliphatic hydroxyl groups is 2. The predicted molar refractivity (Wildman–Crippen MR) is 113 cm³/mol. The summed E-state index contributed by atoms with van der Waals surface area (Å²) in [4.78, 5) is 0. The molecule has 2 aliphatic rings. The van der Waals surface area contributed by atoms with Gasteiger partial charge in [0, 0.05) is 52.1 Å². The number of hydrogen-bond donors (Lipinski definition) is 2. The van der Waals surface area contributed by atoms with Gasteiger partial charge in [0.25, 0.3) is 0 Å². The van der Waals surface area contributed by atoms with Gasteiger partial charge in [0.05, 0.1) is 38.6 Å². The molecule has 2 N–H and O–H groups in total. The van der Waals surface area contributed by atoms with Gasteiger partial charge in [-0.15, -0.1) is 0 Å². The zero-order valence-corrected chi connectivity index (χ0v) is 19.3. The van der Waals surface area contributed by atoms with Gasteiger partial charge in [-0.25, -0.2) is 0 Å². The van der Waals surface area contributed by atoms with Crippen molar-refractivity contribution in [3.63, 3.8) is 0 Å². The molecule has 2 rings (SSSR count). The van der Waals surface area contributed by atoms with Crippen LogP contribution in [0.4, 0.5) is 0 Å². The van der Waals surface area contributed by atoms with Crippen molar-refractivity contribution < 1.29 is 29.2 Å². The molecule has 0 heterocycles. The van der Waals surface area contributed by atoms with Gasteiger partial charge in [-0.2, -0.15) is 0 Å². The van der Waals surface area contributed by atoms with Gasteiger partial charge in [0.15, 0.2) is 0 Å². The molecule has 2 saturated carbocycles. The molecule has 0 saturated heterocycles. The van der Waals surface area contributed by atoms with Crippen molar-refractivity contribution in [3.8, 4) is 0 Å². The van der Waals surface area contributed by atoms with Crippen molar-refractivity contribution in [1.82, 2.24) is 0 Å². The van der Waals surface area contributed by atoms with E-state index in [1.807, 2.05) is 0 Å². The lowest BCUT2D eigenvalue weighted by atomic mass is 9.55. The first-order chi connectivity index (χ1) is 13.8. The van der Waals surface area contributed by atoms with E-state index in [9.17, 15) is 10.2 Å². The molecule has 0 radical (unpaired) electrons. The van der Waals surface area contributed by atoms with Crippen LogP contribution < -0.4 is 0 Å². The molecule has 2 fully saturated rings. The fraction of sp³-hybridized carbons (Fsp3) is 1.00. The van der Waals surface area contributed by atoms with Gasteiger partial charge in [-0.05, 0) is 42.9 Å². The summed E-state index contributed by atoms with van der Waals surface area (Å²) in [7, 11) is 6.83. The molecule has 4 atom stereocenters. The van der Waals surface area contributed by atoms with E-state index in [0.29, 0.717) is 38.3 Å². The first-order valence-corrected chi connectivity index (χ1v) is 11.1. The molecule has 0 aromatic heterocycles. The van der Waals surface area contributed by atoms with Crippen LogP contribution in [0.2, 0.25) is 0 Å². The van der Waals surface area contributed by atoms with Crippen LogP contribution in [0.5, 0.6) is 0 Å². The number of rotatable bonds is 10. The Morgan fingerprint density at radius 1 is 0.586 bits per heavy atom. The van der Waals surface area contributed by atoms with E-state index in [4.69, 9.17) is 18.9 Å². The Bertz CT molecular complexity index is 398. The minimum atomic E-state index is -0.377. The lowest BCUT2D eigenvalue weighted by molar-refractivity contribution is -0.111. The van der Waals surface area contributed by atoms with Crippen molar-refractivity contribution in [1.29, 1.82) is 0 Å². The topological polar surface area (TPSA) is 77.4 Å². The van der Waals surface area contributed by atoms with Gasteiger partial charge in [0.2, 0.25) is 0 Å². The van der Waals surface area contributed by atoms with Crippen molar-refractivity contribution in [2.75, 3.05) is 54.9 Å². The van der Waals surface area contributed by atoms with E-state index >= 15 is 0 Å². The highest BCUT2D eigenvalue weighted by atomic mass is 16.5. The predicted octanol–water partition coefficient (Wildman–Crippen LogP) is 2.60. The molecule has 0 bridgehead atoms. The van der Waals surface area contributed by atoms with E-state index in [0.717, 1.165) is 25.7 Å². The van der Waals surface area contributed by atoms with E-state index in [1.165, 1.54) is 0 Å². The molecule has 29 heavy (non-hydrogen) atoms. The van der Waals surface area contributed by atoms with Crippen LogP contribution >= 0.6 is 0 Å². The standard InChI is InChI=1S/C23H44O6/c1-23(2,19-7-15(11-26-3)21(24)16(8-19)12-27-4)20-9-17(13-28-5)22(25)18(10-20)14-29-6/h15-22,24-25H,7-14H2,1-6H3. The molecule has 2 aliphatic carbocycles. The second-order valence-corrected chi connectivity index (χ2v) is 10.0. The van der Waals surface area contributed by atoms with E-state index in [1.54, 1.807) is 28.4 Å². The minimum absolute atomic E-state index is 0.0796. The third kappa shape index (κ3) is 5.92. The maximum Gasteiger partial charge on any atom is 0.0640 e. The van der Waals surface area contributed by atoms with Crippen LogP contribution in [0, 0.1) is 40.9 Å². The average molecular weight is 417 g/mol. The van der Waals surface area contributed by atoms with E-state index in [-0.39, 0.29) is 41.3 Å². The molecule has 6 nitrogen and oxygen atoms in total. The van der Waals surface area contributed by atoms with Crippen LogP contribution in [0.25, 0.3) is 0 Å². The van der Waals surface area contributed by atoms with Gasteiger partial charge in [0.1, 0.15) is 0 Å². The summed E-state index contributed by atoms with van der Waals surface area (Å²) in [6.07, 6.45) is 3.10. The van der Waals surface area contributed by atoms with Crippen molar-refractivity contribution in [2.24, 2.45) is 40.9 Å². The summed E-state index contributed by atoms with van der Waals surface area (Å²) < 4.78 is 21.7. The average Bonchev–Trinajstić information content (AvgIpc) is 2.68. The highest BCUT2D eigenvalue weighted by Crippen LogP contribution is 2.52. The second-order valence-electron chi connectivity index (χ2n) is 10.0. The Morgan fingerprint density at radius 3 is 1.03 bits per heavy atom. The SMILES string of the molecule is COCC1CC(C(C)(C)C2CC(COC)C(O)C(COC)C2)CC(COC)C1O. The molecule has 6 heteroatoms. The summed E-state index contributed by atoms with van der Waals surface area (Å²) in [5, 5.41) is 21.6. The van der Waals surface area contributed by atoms with Crippen LogP contribution in [0.1, 0.15) is 39.5 Å². The van der Waals surface area contributed by atoms with Crippen LogP contribution in [-0.4, -0.2) is 77.3 Å².